The van der Waals surface area contributed by atoms with E-state index in [0.717, 1.165) is 22.4 Å². The van der Waals surface area contributed by atoms with Crippen molar-refractivity contribution in [2.24, 2.45) is 0 Å². The molecule has 1 aromatic rings. The monoisotopic (exact) mass is 169 g/mol. The van der Waals surface area contributed by atoms with Crippen molar-refractivity contribution < 1.29 is 4.42 Å². The molecule has 0 unspecified atom stereocenters. The number of hydrogen-bond donors (Lipinski definition) is 0. The van der Waals surface area contributed by atoms with E-state index in [9.17, 15) is 0 Å². The highest BCUT2D eigenvalue weighted by atomic mass is 16.3. The van der Waals surface area contributed by atoms with Crippen molar-refractivity contribution in [3.8, 4) is 11.5 Å². The predicted molar refractivity (Wildman–Crippen MR) is 50.6 cm³/mol. The molecule has 2 heterocycles. The maximum atomic E-state index is 5.62. The zero-order chi connectivity index (χ0) is 8.67. The number of rotatable bonds is 0. The molecule has 62 valence electrons. The van der Waals surface area contributed by atoms with E-state index < -0.39 is 0 Å². The summed E-state index contributed by atoms with van der Waals surface area (Å²) in [4.78, 5) is 4.18. The molecule has 2 aliphatic rings. The zero-order valence-corrected chi connectivity index (χ0v) is 6.90. The van der Waals surface area contributed by atoms with Gasteiger partial charge in [0.1, 0.15) is 11.3 Å². The van der Waals surface area contributed by atoms with Crippen LogP contribution in [0.1, 0.15) is 0 Å². The van der Waals surface area contributed by atoms with E-state index in [1.807, 2.05) is 36.4 Å². The standard InChI is InChI=1S/C11H7NO/c1-2-4-10-8(3-1)7-9-11(13-10)5-6-12-9/h1-7H. The van der Waals surface area contributed by atoms with Gasteiger partial charge in [-0.1, -0.05) is 18.2 Å². The van der Waals surface area contributed by atoms with E-state index in [-0.39, 0.29) is 0 Å². The first-order valence-electron chi connectivity index (χ1n) is 4.17. The van der Waals surface area contributed by atoms with E-state index >= 15 is 0 Å². The molecule has 0 bridgehead atoms. The quantitative estimate of drug-likeness (QED) is 0.517. The first kappa shape index (κ1) is 6.66. The van der Waals surface area contributed by atoms with E-state index in [2.05, 4.69) is 4.98 Å². The van der Waals surface area contributed by atoms with Crippen molar-refractivity contribution in [1.82, 2.24) is 4.98 Å². The maximum absolute atomic E-state index is 5.62. The molecule has 2 aliphatic heterocycles. The normalized spacial score (nSPS) is 11.1. The Labute approximate surface area is 75.2 Å². The Balaban J connectivity index is 2.52. The van der Waals surface area contributed by atoms with Gasteiger partial charge in [0.2, 0.25) is 0 Å². The average molecular weight is 169 g/mol. The maximum Gasteiger partial charge on any atom is 0.154 e. The van der Waals surface area contributed by atoms with Gasteiger partial charge in [0, 0.05) is 17.6 Å². The van der Waals surface area contributed by atoms with Crippen LogP contribution in [0.15, 0.2) is 47.0 Å². The van der Waals surface area contributed by atoms with Crippen molar-refractivity contribution in [2.45, 2.75) is 0 Å². The SMILES string of the molecule is c1ccc2oc3ccnc-3cc2c1. The van der Waals surface area contributed by atoms with Gasteiger partial charge in [-0.15, -0.1) is 0 Å². The Bertz CT molecular complexity index is 480. The lowest BCUT2D eigenvalue weighted by Crippen LogP contribution is -1.77. The van der Waals surface area contributed by atoms with Crippen LogP contribution in [0.25, 0.3) is 22.4 Å². The van der Waals surface area contributed by atoms with Gasteiger partial charge in [0.05, 0.1) is 0 Å². The molecule has 0 aliphatic carbocycles. The van der Waals surface area contributed by atoms with Gasteiger partial charge in [-0.05, 0) is 12.1 Å². The molecule has 0 aromatic heterocycles. The van der Waals surface area contributed by atoms with Crippen LogP contribution in [0.5, 0.6) is 0 Å². The molecule has 0 atom stereocenters. The summed E-state index contributed by atoms with van der Waals surface area (Å²) in [5, 5.41) is 1.09. The topological polar surface area (TPSA) is 26.0 Å². The molecule has 0 saturated heterocycles. The van der Waals surface area contributed by atoms with Crippen LogP contribution in [-0.2, 0) is 0 Å². The van der Waals surface area contributed by atoms with Crippen molar-refractivity contribution >= 4 is 11.0 Å². The number of hydrogen-bond acceptors (Lipinski definition) is 2. The Morgan fingerprint density at radius 3 is 3.00 bits per heavy atom. The number of benzene rings is 1. The van der Waals surface area contributed by atoms with E-state index in [1.165, 1.54) is 0 Å². The molecule has 0 amide bonds. The van der Waals surface area contributed by atoms with Crippen LogP contribution in [0, 0.1) is 0 Å². The highest BCUT2D eigenvalue weighted by Crippen LogP contribution is 2.26. The molecule has 0 radical (unpaired) electrons. The van der Waals surface area contributed by atoms with Crippen LogP contribution < -0.4 is 0 Å². The second-order valence-electron chi connectivity index (χ2n) is 2.98. The van der Waals surface area contributed by atoms with Crippen molar-refractivity contribution in [2.75, 3.05) is 0 Å². The molecule has 0 saturated carbocycles. The van der Waals surface area contributed by atoms with E-state index in [0.29, 0.717) is 0 Å². The Morgan fingerprint density at radius 2 is 2.00 bits per heavy atom. The molecule has 0 spiro atoms. The van der Waals surface area contributed by atoms with Gasteiger partial charge in [-0.25, -0.2) is 0 Å². The highest BCUT2D eigenvalue weighted by molar-refractivity contribution is 5.81. The fourth-order valence-electron chi connectivity index (χ4n) is 1.49. The highest BCUT2D eigenvalue weighted by Gasteiger charge is 2.06. The molecule has 0 N–H and O–H groups in total. The van der Waals surface area contributed by atoms with Crippen LogP contribution in [0.3, 0.4) is 0 Å². The van der Waals surface area contributed by atoms with Crippen molar-refractivity contribution in [3.63, 3.8) is 0 Å². The van der Waals surface area contributed by atoms with Crippen molar-refractivity contribution in [1.29, 1.82) is 0 Å². The summed E-state index contributed by atoms with van der Waals surface area (Å²) in [5.74, 6) is 0.846. The number of fused-ring (bicyclic) bond motifs is 2. The van der Waals surface area contributed by atoms with Crippen LogP contribution >= 0.6 is 0 Å². The molecule has 1 aromatic carbocycles. The summed E-state index contributed by atoms with van der Waals surface area (Å²) in [5.41, 5.74) is 1.82. The van der Waals surface area contributed by atoms with Gasteiger partial charge < -0.3 is 4.42 Å². The zero-order valence-electron chi connectivity index (χ0n) is 6.90. The number of aromatic nitrogens is 1. The molecule has 3 rings (SSSR count). The van der Waals surface area contributed by atoms with Crippen LogP contribution in [-0.4, -0.2) is 4.98 Å². The predicted octanol–water partition coefficient (Wildman–Crippen LogP) is 2.93. The third kappa shape index (κ3) is 0.920. The van der Waals surface area contributed by atoms with E-state index in [1.54, 1.807) is 6.20 Å². The fourth-order valence-corrected chi connectivity index (χ4v) is 1.49. The Kier molecular flexibility index (Phi) is 1.19. The second-order valence-corrected chi connectivity index (χ2v) is 2.98. The van der Waals surface area contributed by atoms with Crippen molar-refractivity contribution in [3.05, 3.63) is 42.6 Å². The third-order valence-corrected chi connectivity index (χ3v) is 2.12. The van der Waals surface area contributed by atoms with Crippen LogP contribution in [0.2, 0.25) is 0 Å². The molecule has 2 heteroatoms. The number of nitrogens with zero attached hydrogens (tertiary/aromatic N) is 1. The van der Waals surface area contributed by atoms with E-state index in [4.69, 9.17) is 4.42 Å². The summed E-state index contributed by atoms with van der Waals surface area (Å²) >= 11 is 0. The largest absolute Gasteiger partial charge is 0.454 e. The lowest BCUT2D eigenvalue weighted by atomic mass is 10.2. The fraction of sp³-hybridized carbons (Fsp3) is 0. The first-order chi connectivity index (χ1) is 6.43. The summed E-state index contributed by atoms with van der Waals surface area (Å²) in [7, 11) is 0. The van der Waals surface area contributed by atoms with Gasteiger partial charge in [0.15, 0.2) is 5.76 Å². The second kappa shape index (κ2) is 2.33. The van der Waals surface area contributed by atoms with Gasteiger partial charge in [0.25, 0.3) is 0 Å². The molecule has 0 fully saturated rings. The van der Waals surface area contributed by atoms with Gasteiger partial charge in [-0.2, -0.15) is 0 Å². The third-order valence-electron chi connectivity index (χ3n) is 2.12. The lowest BCUT2D eigenvalue weighted by molar-refractivity contribution is 0.620. The summed E-state index contributed by atoms with van der Waals surface area (Å²) in [6, 6.07) is 11.9. The molecule has 13 heavy (non-hydrogen) atoms. The minimum Gasteiger partial charge on any atom is -0.454 e. The Morgan fingerprint density at radius 1 is 1.08 bits per heavy atom. The lowest BCUT2D eigenvalue weighted by Gasteiger charge is -2.00. The van der Waals surface area contributed by atoms with Crippen LogP contribution in [0.4, 0.5) is 0 Å². The van der Waals surface area contributed by atoms with Gasteiger partial charge >= 0.3 is 0 Å². The minimum absolute atomic E-state index is 0.846. The smallest absolute Gasteiger partial charge is 0.154 e. The molecular formula is C11H7NO. The van der Waals surface area contributed by atoms with Gasteiger partial charge in [-0.3, -0.25) is 4.98 Å². The average Bonchev–Trinajstić information content (AvgIpc) is 2.61. The summed E-state index contributed by atoms with van der Waals surface area (Å²) < 4.78 is 5.62. The number of para-hydroxylation sites is 1. The summed E-state index contributed by atoms with van der Waals surface area (Å²) in [6.45, 7) is 0. The Hall–Kier alpha value is -1.83. The minimum atomic E-state index is 0.846. The first-order valence-corrected chi connectivity index (χ1v) is 4.17. The molecular weight excluding hydrogens is 162 g/mol. The molecule has 2 nitrogen and oxygen atoms in total. The summed E-state index contributed by atoms with van der Waals surface area (Å²) in [6.07, 6.45) is 1.76.